The summed E-state index contributed by atoms with van der Waals surface area (Å²) in [5.41, 5.74) is 7.87. The molecule has 1 atom stereocenters. The summed E-state index contributed by atoms with van der Waals surface area (Å²) in [4.78, 5) is 37.8. The Balaban J connectivity index is 1.63. The molecule has 0 spiro atoms. The van der Waals surface area contributed by atoms with Crippen LogP contribution in [0.1, 0.15) is 28.6 Å². The van der Waals surface area contributed by atoms with Gasteiger partial charge in [-0.1, -0.05) is 42.1 Å². The average Bonchev–Trinajstić information content (AvgIpc) is 3.26. The first-order valence-electron chi connectivity index (χ1n) is 8.90. The van der Waals surface area contributed by atoms with E-state index in [1.54, 1.807) is 0 Å². The average molecular weight is 443 g/mol. The fraction of sp³-hybridized carbons (Fsp3) is 0.200. The van der Waals surface area contributed by atoms with Gasteiger partial charge in [0.25, 0.3) is 5.56 Å². The molecule has 29 heavy (non-hydrogen) atoms. The van der Waals surface area contributed by atoms with Crippen LogP contribution in [0.5, 0.6) is 0 Å². The van der Waals surface area contributed by atoms with Gasteiger partial charge in [0.15, 0.2) is 4.34 Å². The topological polar surface area (TPSA) is 102 Å². The van der Waals surface area contributed by atoms with Gasteiger partial charge in [0, 0.05) is 15.8 Å². The number of benzene rings is 1. The summed E-state index contributed by atoms with van der Waals surface area (Å²) in [5, 5.41) is 2.50. The van der Waals surface area contributed by atoms with Gasteiger partial charge in [-0.3, -0.25) is 9.59 Å². The molecule has 0 aliphatic heterocycles. The van der Waals surface area contributed by atoms with E-state index in [0.29, 0.717) is 11.2 Å². The molecular formula is C20H18N4O2S3. The van der Waals surface area contributed by atoms with Crippen molar-refractivity contribution >= 4 is 50.6 Å². The van der Waals surface area contributed by atoms with Crippen molar-refractivity contribution < 1.29 is 4.79 Å². The highest BCUT2D eigenvalue weighted by atomic mass is 32.2. The van der Waals surface area contributed by atoms with E-state index in [0.717, 1.165) is 30.9 Å². The number of nitrogens with two attached hydrogens (primary N) is 1. The van der Waals surface area contributed by atoms with E-state index >= 15 is 0 Å². The van der Waals surface area contributed by atoms with E-state index in [4.69, 9.17) is 10.7 Å². The summed E-state index contributed by atoms with van der Waals surface area (Å²) in [6.45, 7) is 3.84. The number of aromatic nitrogens is 3. The molecule has 9 heteroatoms. The Morgan fingerprint density at radius 1 is 1.28 bits per heavy atom. The van der Waals surface area contributed by atoms with Gasteiger partial charge in [0.05, 0.1) is 22.8 Å². The summed E-state index contributed by atoms with van der Waals surface area (Å²) >= 11 is 4.43. The zero-order valence-corrected chi connectivity index (χ0v) is 18.2. The highest BCUT2D eigenvalue weighted by Crippen LogP contribution is 2.38. The van der Waals surface area contributed by atoms with Gasteiger partial charge in [-0.2, -0.15) is 0 Å². The normalized spacial score (nSPS) is 12.3. The van der Waals surface area contributed by atoms with Crippen molar-refractivity contribution in [3.63, 3.8) is 0 Å². The largest absolute Gasteiger partial charge is 0.369 e. The van der Waals surface area contributed by atoms with Crippen LogP contribution in [0, 0.1) is 6.92 Å². The molecule has 0 aliphatic rings. The maximum absolute atomic E-state index is 12.8. The first kappa shape index (κ1) is 19.8. The Morgan fingerprint density at radius 2 is 2.03 bits per heavy atom. The number of fused-ring (bicyclic) bond motifs is 1. The lowest BCUT2D eigenvalue weighted by Crippen LogP contribution is -2.13. The zero-order chi connectivity index (χ0) is 20.5. The van der Waals surface area contributed by atoms with E-state index in [2.05, 4.69) is 9.97 Å². The molecule has 148 valence electrons. The maximum atomic E-state index is 12.8. The standard InChI is InChI=1S/C20H18N4O2S3/c1-10-14(8-15(21)25)29-20(22-10)28-11(2)17-23-18(26)16-13(9-27-19(16)24-17)12-6-4-3-5-7-12/h3-7,9,11H,8H2,1-2H3,(H2,21,25)(H,23,24,26)/t11-/m0/s1. The number of carbonyl (C=O) groups is 1. The van der Waals surface area contributed by atoms with Crippen LogP contribution in [0.3, 0.4) is 0 Å². The molecule has 3 aromatic heterocycles. The molecule has 4 aromatic rings. The van der Waals surface area contributed by atoms with Gasteiger partial charge in [-0.05, 0) is 19.4 Å². The number of hydrogen-bond acceptors (Lipinski definition) is 7. The lowest BCUT2D eigenvalue weighted by Gasteiger charge is -2.08. The number of thioether (sulfide) groups is 1. The molecule has 1 amide bonds. The van der Waals surface area contributed by atoms with Crippen LogP contribution < -0.4 is 11.3 Å². The second kappa shape index (κ2) is 8.10. The first-order valence-corrected chi connectivity index (χ1v) is 11.5. The third-order valence-corrected chi connectivity index (χ3v) is 7.65. The Kier molecular flexibility index (Phi) is 5.53. The summed E-state index contributed by atoms with van der Waals surface area (Å²) in [5.74, 6) is 0.239. The van der Waals surface area contributed by atoms with Gasteiger partial charge in [0.1, 0.15) is 10.7 Å². The molecule has 0 bridgehead atoms. The van der Waals surface area contributed by atoms with Gasteiger partial charge >= 0.3 is 0 Å². The van der Waals surface area contributed by atoms with Crippen molar-refractivity contribution in [1.29, 1.82) is 0 Å². The Hall–Kier alpha value is -2.49. The van der Waals surface area contributed by atoms with Crippen LogP contribution in [0.25, 0.3) is 21.3 Å². The monoisotopic (exact) mass is 442 g/mol. The summed E-state index contributed by atoms with van der Waals surface area (Å²) in [6, 6.07) is 9.84. The molecule has 1 aromatic carbocycles. The molecule has 0 aliphatic carbocycles. The van der Waals surface area contributed by atoms with Gasteiger partial charge in [0.2, 0.25) is 5.91 Å². The van der Waals surface area contributed by atoms with Gasteiger partial charge < -0.3 is 10.7 Å². The highest BCUT2D eigenvalue weighted by molar-refractivity contribution is 8.01. The third-order valence-electron chi connectivity index (χ3n) is 4.42. The molecule has 3 N–H and O–H groups in total. The fourth-order valence-electron chi connectivity index (χ4n) is 2.97. The Morgan fingerprint density at radius 3 is 2.76 bits per heavy atom. The molecule has 0 fully saturated rings. The van der Waals surface area contributed by atoms with Crippen LogP contribution in [-0.2, 0) is 11.2 Å². The summed E-state index contributed by atoms with van der Waals surface area (Å²) in [7, 11) is 0. The van der Waals surface area contributed by atoms with Crippen molar-refractivity contribution in [2.45, 2.75) is 29.9 Å². The van der Waals surface area contributed by atoms with E-state index in [-0.39, 0.29) is 23.1 Å². The second-order valence-corrected chi connectivity index (χ2v) is 10.1. The highest BCUT2D eigenvalue weighted by Gasteiger charge is 2.19. The molecule has 0 saturated heterocycles. The Labute approximate surface area is 179 Å². The van der Waals surface area contributed by atoms with Crippen LogP contribution in [-0.4, -0.2) is 20.9 Å². The lowest BCUT2D eigenvalue weighted by molar-refractivity contribution is -0.117. The molecule has 0 unspecified atom stereocenters. The summed E-state index contributed by atoms with van der Waals surface area (Å²) in [6.07, 6.45) is 0.191. The third kappa shape index (κ3) is 4.12. The van der Waals surface area contributed by atoms with Crippen LogP contribution in [0.4, 0.5) is 0 Å². The van der Waals surface area contributed by atoms with Crippen molar-refractivity contribution in [3.05, 3.63) is 62.5 Å². The predicted molar refractivity (Wildman–Crippen MR) is 120 cm³/mol. The molecule has 6 nitrogen and oxygen atoms in total. The number of nitrogens with zero attached hydrogens (tertiary/aromatic N) is 2. The van der Waals surface area contributed by atoms with Crippen LogP contribution in [0.15, 0.2) is 44.8 Å². The molecule has 4 rings (SSSR count). The number of aryl methyl sites for hydroxylation is 1. The fourth-order valence-corrected chi connectivity index (χ4v) is 6.37. The van der Waals surface area contributed by atoms with E-state index < -0.39 is 0 Å². The Bertz CT molecular complexity index is 1240. The second-order valence-electron chi connectivity index (χ2n) is 6.54. The smallest absolute Gasteiger partial charge is 0.260 e. The van der Waals surface area contributed by atoms with Crippen LogP contribution in [0.2, 0.25) is 0 Å². The van der Waals surface area contributed by atoms with Crippen LogP contribution >= 0.6 is 34.4 Å². The number of carbonyl (C=O) groups excluding carboxylic acids is 1. The SMILES string of the molecule is Cc1nc(S[C@@H](C)c2nc3scc(-c4ccccc4)c3c(=O)[nH]2)sc1CC(N)=O. The number of amides is 1. The first-order chi connectivity index (χ1) is 13.9. The van der Waals surface area contributed by atoms with Crippen molar-refractivity contribution in [2.75, 3.05) is 0 Å². The maximum Gasteiger partial charge on any atom is 0.260 e. The quantitative estimate of drug-likeness (QED) is 0.434. The van der Waals surface area contributed by atoms with E-state index in [1.807, 2.05) is 49.6 Å². The number of primary amides is 1. The van der Waals surface area contributed by atoms with E-state index in [1.165, 1.54) is 34.4 Å². The zero-order valence-electron chi connectivity index (χ0n) is 15.8. The number of rotatable bonds is 6. The van der Waals surface area contributed by atoms with Gasteiger partial charge in [-0.25, -0.2) is 9.97 Å². The summed E-state index contributed by atoms with van der Waals surface area (Å²) < 4.78 is 0.824. The number of thiophene rings is 1. The number of nitrogens with one attached hydrogen (secondary N) is 1. The molecule has 0 radical (unpaired) electrons. The predicted octanol–water partition coefficient (Wildman–Crippen LogP) is 4.30. The number of H-pyrrole nitrogens is 1. The van der Waals surface area contributed by atoms with Crippen molar-refractivity contribution in [2.24, 2.45) is 5.73 Å². The van der Waals surface area contributed by atoms with E-state index in [9.17, 15) is 9.59 Å². The number of hydrogen-bond donors (Lipinski definition) is 2. The molecule has 3 heterocycles. The van der Waals surface area contributed by atoms with Crippen molar-refractivity contribution in [1.82, 2.24) is 15.0 Å². The minimum absolute atomic E-state index is 0.0960. The van der Waals surface area contributed by atoms with Crippen molar-refractivity contribution in [3.8, 4) is 11.1 Å². The number of thiazole rings is 1. The minimum Gasteiger partial charge on any atom is -0.369 e. The molecule has 0 saturated carbocycles. The molecular weight excluding hydrogens is 424 g/mol. The minimum atomic E-state index is -0.371. The lowest BCUT2D eigenvalue weighted by atomic mass is 10.1. The van der Waals surface area contributed by atoms with Gasteiger partial charge in [-0.15, -0.1) is 22.7 Å². The number of aromatic amines is 1.